The van der Waals surface area contributed by atoms with E-state index in [-0.39, 0.29) is 12.5 Å². The first kappa shape index (κ1) is 17.0. The monoisotopic (exact) mass is 292 g/mol. The van der Waals surface area contributed by atoms with Crippen molar-refractivity contribution in [3.8, 4) is 0 Å². The van der Waals surface area contributed by atoms with Crippen LogP contribution in [0.3, 0.4) is 0 Å². The summed E-state index contributed by atoms with van der Waals surface area (Å²) in [4.78, 5) is 23.1. The second kappa shape index (κ2) is 7.67. The molecule has 2 amide bonds. The zero-order chi connectivity index (χ0) is 16.0. The Hall–Kier alpha value is -2.04. The Morgan fingerprint density at radius 3 is 2.52 bits per heavy atom. The van der Waals surface area contributed by atoms with Crippen LogP contribution in [0.1, 0.15) is 37.0 Å². The summed E-state index contributed by atoms with van der Waals surface area (Å²) < 4.78 is 5.32. The van der Waals surface area contributed by atoms with Crippen molar-refractivity contribution < 1.29 is 14.3 Å². The van der Waals surface area contributed by atoms with Crippen LogP contribution in [0.15, 0.2) is 18.2 Å². The van der Waals surface area contributed by atoms with Gasteiger partial charge in [0, 0.05) is 0 Å². The molecule has 1 unspecified atom stereocenters. The van der Waals surface area contributed by atoms with Gasteiger partial charge in [-0.2, -0.15) is 0 Å². The van der Waals surface area contributed by atoms with Crippen molar-refractivity contribution in [2.45, 2.75) is 46.8 Å². The molecule has 1 aromatic rings. The quantitative estimate of drug-likeness (QED) is 0.790. The number of amides is 2. The average molecular weight is 292 g/mol. The third-order valence-corrected chi connectivity index (χ3v) is 3.18. The maximum absolute atomic E-state index is 12.1. The topological polar surface area (TPSA) is 81.4 Å². The van der Waals surface area contributed by atoms with Crippen LogP contribution in [0, 0.1) is 19.8 Å². The second-order valence-electron chi connectivity index (χ2n) is 5.73. The summed E-state index contributed by atoms with van der Waals surface area (Å²) in [5.41, 5.74) is 8.24. The van der Waals surface area contributed by atoms with Crippen LogP contribution in [0.5, 0.6) is 0 Å². The predicted molar refractivity (Wildman–Crippen MR) is 81.7 cm³/mol. The molecule has 5 nitrogen and oxygen atoms in total. The van der Waals surface area contributed by atoms with Gasteiger partial charge in [0.25, 0.3) is 0 Å². The zero-order valence-corrected chi connectivity index (χ0v) is 13.1. The molecule has 21 heavy (non-hydrogen) atoms. The number of carbonyl (C=O) groups excluding carboxylic acids is 2. The molecule has 116 valence electrons. The highest BCUT2D eigenvalue weighted by Crippen LogP contribution is 2.13. The van der Waals surface area contributed by atoms with E-state index >= 15 is 0 Å². The van der Waals surface area contributed by atoms with E-state index in [1.54, 1.807) is 0 Å². The minimum absolute atomic E-state index is 0.196. The Kier molecular flexibility index (Phi) is 6.21. The van der Waals surface area contributed by atoms with Gasteiger partial charge in [-0.1, -0.05) is 37.6 Å². The van der Waals surface area contributed by atoms with Gasteiger partial charge in [0.2, 0.25) is 0 Å². The van der Waals surface area contributed by atoms with Crippen molar-refractivity contribution in [1.82, 2.24) is 5.32 Å². The first-order valence-electron chi connectivity index (χ1n) is 7.08. The highest BCUT2D eigenvalue weighted by molar-refractivity contribution is 5.82. The number of hydrogen-bond acceptors (Lipinski definition) is 3. The van der Waals surface area contributed by atoms with E-state index in [9.17, 15) is 9.59 Å². The van der Waals surface area contributed by atoms with E-state index in [0.717, 1.165) is 16.7 Å². The van der Waals surface area contributed by atoms with E-state index in [0.29, 0.717) is 6.42 Å². The van der Waals surface area contributed by atoms with Gasteiger partial charge in [-0.15, -0.1) is 0 Å². The van der Waals surface area contributed by atoms with Crippen LogP contribution in [-0.4, -0.2) is 18.0 Å². The fourth-order valence-electron chi connectivity index (χ4n) is 2.06. The molecule has 0 saturated heterocycles. The lowest BCUT2D eigenvalue weighted by Gasteiger charge is -2.18. The SMILES string of the molecule is Cc1ccc(C)c(COC(=O)C(CC(C)C)NC(N)=O)c1. The van der Waals surface area contributed by atoms with Crippen LogP contribution in [0.2, 0.25) is 0 Å². The lowest BCUT2D eigenvalue weighted by molar-refractivity contribution is -0.147. The van der Waals surface area contributed by atoms with Gasteiger partial charge in [-0.25, -0.2) is 9.59 Å². The van der Waals surface area contributed by atoms with Gasteiger partial charge in [0.1, 0.15) is 12.6 Å². The number of nitrogens with two attached hydrogens (primary N) is 1. The summed E-state index contributed by atoms with van der Waals surface area (Å²) in [6.45, 7) is 8.08. The van der Waals surface area contributed by atoms with Gasteiger partial charge in [0.15, 0.2) is 0 Å². The van der Waals surface area contributed by atoms with Gasteiger partial charge in [-0.05, 0) is 37.3 Å². The van der Waals surface area contributed by atoms with Gasteiger partial charge in [-0.3, -0.25) is 0 Å². The number of rotatable bonds is 6. The molecule has 0 bridgehead atoms. The zero-order valence-electron chi connectivity index (χ0n) is 13.1. The van der Waals surface area contributed by atoms with Crippen molar-refractivity contribution in [1.29, 1.82) is 0 Å². The molecule has 0 aliphatic heterocycles. The number of ether oxygens (including phenoxy) is 1. The molecule has 0 aliphatic carbocycles. The normalized spacial score (nSPS) is 12.0. The number of aryl methyl sites for hydroxylation is 2. The molecule has 0 spiro atoms. The Labute approximate surface area is 125 Å². The Morgan fingerprint density at radius 2 is 1.95 bits per heavy atom. The maximum Gasteiger partial charge on any atom is 0.329 e. The molecule has 0 saturated carbocycles. The first-order valence-corrected chi connectivity index (χ1v) is 7.08. The third-order valence-electron chi connectivity index (χ3n) is 3.18. The summed E-state index contributed by atoms with van der Waals surface area (Å²) in [5.74, 6) is -0.210. The lowest BCUT2D eigenvalue weighted by atomic mass is 10.0. The molecule has 0 aromatic heterocycles. The summed E-state index contributed by atoms with van der Waals surface area (Å²) in [6.07, 6.45) is 0.495. The molecule has 1 atom stereocenters. The Bertz CT molecular complexity index is 512. The van der Waals surface area contributed by atoms with Crippen molar-refractivity contribution in [2.75, 3.05) is 0 Å². The molecule has 1 aromatic carbocycles. The van der Waals surface area contributed by atoms with Gasteiger partial charge in [0.05, 0.1) is 0 Å². The van der Waals surface area contributed by atoms with Crippen LogP contribution < -0.4 is 11.1 Å². The van der Waals surface area contributed by atoms with Crippen LogP contribution in [0.25, 0.3) is 0 Å². The van der Waals surface area contributed by atoms with E-state index in [2.05, 4.69) is 5.32 Å². The van der Waals surface area contributed by atoms with Crippen LogP contribution in [0.4, 0.5) is 4.79 Å². The number of carbonyl (C=O) groups is 2. The fraction of sp³-hybridized carbons (Fsp3) is 0.500. The third kappa shape index (κ3) is 5.85. The molecule has 1 rings (SSSR count). The van der Waals surface area contributed by atoms with Crippen LogP contribution in [-0.2, 0) is 16.1 Å². The predicted octanol–water partition coefficient (Wildman–Crippen LogP) is 2.43. The molecule has 0 aliphatic rings. The fourth-order valence-corrected chi connectivity index (χ4v) is 2.06. The van der Waals surface area contributed by atoms with Crippen molar-refractivity contribution >= 4 is 12.0 Å². The molecular weight excluding hydrogens is 268 g/mol. The number of nitrogens with one attached hydrogen (secondary N) is 1. The molecule has 0 radical (unpaired) electrons. The highest BCUT2D eigenvalue weighted by Gasteiger charge is 2.22. The van der Waals surface area contributed by atoms with Crippen molar-refractivity contribution in [3.63, 3.8) is 0 Å². The number of benzene rings is 1. The lowest BCUT2D eigenvalue weighted by Crippen LogP contribution is -2.45. The number of primary amides is 1. The number of hydrogen-bond donors (Lipinski definition) is 2. The van der Waals surface area contributed by atoms with Gasteiger partial charge >= 0.3 is 12.0 Å². The van der Waals surface area contributed by atoms with Crippen molar-refractivity contribution in [3.05, 3.63) is 34.9 Å². The van der Waals surface area contributed by atoms with Crippen LogP contribution >= 0.6 is 0 Å². The summed E-state index contributed by atoms with van der Waals surface area (Å²) in [7, 11) is 0. The largest absolute Gasteiger partial charge is 0.459 e. The molecule has 5 heteroatoms. The average Bonchev–Trinajstić information content (AvgIpc) is 2.37. The van der Waals surface area contributed by atoms with E-state index in [1.165, 1.54) is 0 Å². The summed E-state index contributed by atoms with van der Waals surface area (Å²) in [5, 5.41) is 2.44. The molecule has 0 heterocycles. The van der Waals surface area contributed by atoms with E-state index < -0.39 is 18.0 Å². The van der Waals surface area contributed by atoms with Gasteiger partial charge < -0.3 is 15.8 Å². The first-order chi connectivity index (χ1) is 9.79. The Balaban J connectivity index is 2.68. The summed E-state index contributed by atoms with van der Waals surface area (Å²) >= 11 is 0. The maximum atomic E-state index is 12.1. The van der Waals surface area contributed by atoms with E-state index in [1.807, 2.05) is 45.9 Å². The number of esters is 1. The van der Waals surface area contributed by atoms with E-state index in [4.69, 9.17) is 10.5 Å². The molecule has 0 fully saturated rings. The molecular formula is C16H24N2O3. The number of urea groups is 1. The molecule has 3 N–H and O–H groups in total. The standard InChI is InChI=1S/C16H24N2O3/c1-10(2)7-14(18-16(17)20)15(19)21-9-13-8-11(3)5-6-12(13)4/h5-6,8,10,14H,7,9H2,1-4H3,(H3,17,18,20). The Morgan fingerprint density at radius 1 is 1.29 bits per heavy atom. The summed E-state index contributed by atoms with van der Waals surface area (Å²) in [6, 6.07) is 4.57. The minimum Gasteiger partial charge on any atom is -0.459 e. The minimum atomic E-state index is -0.718. The highest BCUT2D eigenvalue weighted by atomic mass is 16.5. The smallest absolute Gasteiger partial charge is 0.329 e. The van der Waals surface area contributed by atoms with Crippen molar-refractivity contribution in [2.24, 2.45) is 11.7 Å². The second-order valence-corrected chi connectivity index (χ2v) is 5.73.